The third-order valence-electron chi connectivity index (χ3n) is 10.8. The van der Waals surface area contributed by atoms with Crippen LogP contribution >= 0.6 is 0 Å². The molecule has 0 radical (unpaired) electrons. The topological polar surface area (TPSA) is 78.9 Å². The number of hydrogen-bond acceptors (Lipinski definition) is 6. The molecule has 0 aliphatic rings. The molecule has 0 amide bonds. The molecule has 346 valence electrons. The van der Waals surface area contributed by atoms with Crippen molar-refractivity contribution in [2.75, 3.05) is 13.2 Å². The molecule has 0 saturated carbocycles. The van der Waals surface area contributed by atoms with Crippen molar-refractivity contribution in [1.29, 1.82) is 0 Å². The van der Waals surface area contributed by atoms with E-state index in [2.05, 4.69) is 81.5 Å². The fourth-order valence-electron chi connectivity index (χ4n) is 6.96. The summed E-state index contributed by atoms with van der Waals surface area (Å²) in [6.45, 7) is 6.47. The van der Waals surface area contributed by atoms with Gasteiger partial charge < -0.3 is 14.2 Å². The fraction of sp³-hybridized carbons (Fsp3) is 0.759. The monoisotopic (exact) mass is 839 g/mol. The van der Waals surface area contributed by atoms with Gasteiger partial charge in [-0.2, -0.15) is 0 Å². The fourth-order valence-corrected chi connectivity index (χ4v) is 6.96. The van der Waals surface area contributed by atoms with E-state index in [-0.39, 0.29) is 31.1 Å². The van der Waals surface area contributed by atoms with Gasteiger partial charge in [-0.25, -0.2) is 0 Å². The third kappa shape index (κ3) is 46.2. The van der Waals surface area contributed by atoms with E-state index < -0.39 is 6.10 Å². The van der Waals surface area contributed by atoms with Crippen LogP contribution in [0.15, 0.2) is 60.8 Å². The molecule has 0 fully saturated rings. The van der Waals surface area contributed by atoms with Crippen LogP contribution in [-0.2, 0) is 28.6 Å². The molecule has 0 spiro atoms. The maximum atomic E-state index is 12.8. The minimum absolute atomic E-state index is 0.0873. The van der Waals surface area contributed by atoms with Gasteiger partial charge in [-0.3, -0.25) is 14.4 Å². The predicted octanol–water partition coefficient (Wildman–Crippen LogP) is 16.5. The van der Waals surface area contributed by atoms with E-state index in [1.165, 1.54) is 122 Å². The largest absolute Gasteiger partial charge is 0.462 e. The van der Waals surface area contributed by atoms with E-state index in [0.29, 0.717) is 19.3 Å². The third-order valence-corrected chi connectivity index (χ3v) is 10.8. The smallest absolute Gasteiger partial charge is 0.306 e. The average Bonchev–Trinajstić information content (AvgIpc) is 3.24. The van der Waals surface area contributed by atoms with Crippen LogP contribution in [0.1, 0.15) is 245 Å². The van der Waals surface area contributed by atoms with Gasteiger partial charge in [-0.15, -0.1) is 0 Å². The van der Waals surface area contributed by atoms with Gasteiger partial charge >= 0.3 is 17.9 Å². The van der Waals surface area contributed by atoms with Crippen molar-refractivity contribution in [1.82, 2.24) is 0 Å². The first-order valence-corrected chi connectivity index (χ1v) is 25.3. The Kier molecular flexibility index (Phi) is 46.4. The molecule has 0 saturated heterocycles. The van der Waals surface area contributed by atoms with Crippen LogP contribution in [0.25, 0.3) is 0 Å². The Morgan fingerprint density at radius 3 is 1.08 bits per heavy atom. The lowest BCUT2D eigenvalue weighted by atomic mass is 10.0. The zero-order chi connectivity index (χ0) is 43.7. The van der Waals surface area contributed by atoms with E-state index >= 15 is 0 Å². The van der Waals surface area contributed by atoms with Gasteiger partial charge in [-0.1, -0.05) is 204 Å². The normalized spacial score (nSPS) is 12.5. The van der Waals surface area contributed by atoms with E-state index in [1.54, 1.807) is 0 Å². The van der Waals surface area contributed by atoms with E-state index in [1.807, 2.05) is 0 Å². The van der Waals surface area contributed by atoms with Crippen LogP contribution in [0.4, 0.5) is 0 Å². The zero-order valence-electron chi connectivity index (χ0n) is 39.5. The summed E-state index contributed by atoms with van der Waals surface area (Å²) < 4.78 is 16.7. The number of ether oxygens (including phenoxy) is 3. The number of hydrogen-bond donors (Lipinski definition) is 0. The number of carbonyl (C=O) groups is 3. The summed E-state index contributed by atoms with van der Waals surface area (Å²) >= 11 is 0. The standard InChI is InChI=1S/C54H94O6/c1-4-7-10-13-16-19-22-25-27-29-32-35-38-41-44-47-53(56)59-50-51(49-58-52(55)46-43-40-37-34-31-24-21-18-15-12-9-6-3)60-54(57)48-45-42-39-36-33-30-28-26-23-20-17-14-11-8-5-2/h7,10,16,19-20,23,25,27,32,35,51H,4-6,8-9,11-15,17-18,21-22,24,26,28-31,33-34,36-50H2,1-3H3/b10-7-,19-16-,23-20-,27-25-,35-32-/t51-/m0/s1. The molecular weight excluding hydrogens is 745 g/mol. The molecule has 0 unspecified atom stereocenters. The van der Waals surface area contributed by atoms with E-state index in [0.717, 1.165) is 83.5 Å². The Morgan fingerprint density at radius 2 is 0.650 bits per heavy atom. The van der Waals surface area contributed by atoms with Crippen LogP contribution in [0.5, 0.6) is 0 Å². The summed E-state index contributed by atoms with van der Waals surface area (Å²) in [5.41, 5.74) is 0. The molecule has 0 rings (SSSR count). The summed E-state index contributed by atoms with van der Waals surface area (Å²) in [5, 5.41) is 0. The second-order valence-corrected chi connectivity index (χ2v) is 16.7. The molecular formula is C54H94O6. The molecule has 6 nitrogen and oxygen atoms in total. The van der Waals surface area contributed by atoms with Gasteiger partial charge in [-0.05, 0) is 83.5 Å². The molecule has 0 aliphatic carbocycles. The summed E-state index contributed by atoms with van der Waals surface area (Å²) in [6, 6.07) is 0. The van der Waals surface area contributed by atoms with Crippen molar-refractivity contribution in [2.24, 2.45) is 0 Å². The maximum Gasteiger partial charge on any atom is 0.306 e. The highest BCUT2D eigenvalue weighted by atomic mass is 16.6. The Hall–Kier alpha value is -2.89. The minimum atomic E-state index is -0.790. The summed E-state index contributed by atoms with van der Waals surface area (Å²) in [4.78, 5) is 37.9. The van der Waals surface area contributed by atoms with Crippen LogP contribution in [0.3, 0.4) is 0 Å². The van der Waals surface area contributed by atoms with Gasteiger partial charge in [0.1, 0.15) is 13.2 Å². The maximum absolute atomic E-state index is 12.8. The molecule has 1 atom stereocenters. The lowest BCUT2D eigenvalue weighted by molar-refractivity contribution is -0.167. The number of carbonyl (C=O) groups excluding carboxylic acids is 3. The van der Waals surface area contributed by atoms with E-state index in [9.17, 15) is 14.4 Å². The first-order valence-electron chi connectivity index (χ1n) is 25.3. The first kappa shape index (κ1) is 57.1. The SMILES string of the molecule is CC/C=C\C/C=C\C/C=C\C/C=C\CCCCC(=O)OC[C@H](COC(=O)CCCCCCCCCCCCCC)OC(=O)CCCCCCCCC/C=C\CCCCCC. The van der Waals surface area contributed by atoms with Gasteiger partial charge in [0.05, 0.1) is 0 Å². The van der Waals surface area contributed by atoms with Crippen molar-refractivity contribution in [2.45, 2.75) is 252 Å². The van der Waals surface area contributed by atoms with Crippen molar-refractivity contribution in [3.63, 3.8) is 0 Å². The molecule has 0 aromatic carbocycles. The lowest BCUT2D eigenvalue weighted by Gasteiger charge is -2.18. The molecule has 0 heterocycles. The highest BCUT2D eigenvalue weighted by Crippen LogP contribution is 2.15. The summed E-state index contributed by atoms with van der Waals surface area (Å²) in [7, 11) is 0. The van der Waals surface area contributed by atoms with Crippen molar-refractivity contribution in [3.8, 4) is 0 Å². The molecule has 60 heavy (non-hydrogen) atoms. The predicted molar refractivity (Wildman–Crippen MR) is 256 cm³/mol. The number of allylic oxidation sites excluding steroid dienone is 10. The number of rotatable bonds is 45. The Bertz CT molecular complexity index is 1100. The Balaban J connectivity index is 4.44. The second kappa shape index (κ2) is 48.8. The Labute approximate surface area is 370 Å². The van der Waals surface area contributed by atoms with Crippen molar-refractivity contribution < 1.29 is 28.6 Å². The molecule has 6 heteroatoms. The van der Waals surface area contributed by atoms with Crippen molar-refractivity contribution >= 4 is 17.9 Å². The highest BCUT2D eigenvalue weighted by molar-refractivity contribution is 5.71. The second-order valence-electron chi connectivity index (χ2n) is 16.7. The molecule has 0 bridgehead atoms. The Morgan fingerprint density at radius 1 is 0.350 bits per heavy atom. The quantitative estimate of drug-likeness (QED) is 0.0263. The van der Waals surface area contributed by atoms with Gasteiger partial charge in [0.2, 0.25) is 0 Å². The zero-order valence-corrected chi connectivity index (χ0v) is 39.5. The minimum Gasteiger partial charge on any atom is -0.462 e. The molecule has 0 aliphatic heterocycles. The van der Waals surface area contributed by atoms with Crippen LogP contribution in [0, 0.1) is 0 Å². The van der Waals surface area contributed by atoms with Gasteiger partial charge in [0, 0.05) is 19.3 Å². The van der Waals surface area contributed by atoms with E-state index in [4.69, 9.17) is 14.2 Å². The molecule has 0 N–H and O–H groups in total. The average molecular weight is 839 g/mol. The first-order chi connectivity index (χ1) is 29.5. The highest BCUT2D eigenvalue weighted by Gasteiger charge is 2.19. The summed E-state index contributed by atoms with van der Waals surface area (Å²) in [5.74, 6) is -0.932. The lowest BCUT2D eigenvalue weighted by Crippen LogP contribution is -2.30. The summed E-state index contributed by atoms with van der Waals surface area (Å²) in [6.07, 6.45) is 59.1. The number of esters is 3. The van der Waals surface area contributed by atoms with Crippen LogP contribution in [-0.4, -0.2) is 37.2 Å². The van der Waals surface area contributed by atoms with Gasteiger partial charge in [0.25, 0.3) is 0 Å². The van der Waals surface area contributed by atoms with Gasteiger partial charge in [0.15, 0.2) is 6.10 Å². The number of unbranched alkanes of at least 4 members (excludes halogenated alkanes) is 24. The van der Waals surface area contributed by atoms with Crippen molar-refractivity contribution in [3.05, 3.63) is 60.8 Å². The molecule has 0 aromatic heterocycles. The van der Waals surface area contributed by atoms with Crippen LogP contribution in [0.2, 0.25) is 0 Å². The van der Waals surface area contributed by atoms with Crippen LogP contribution < -0.4 is 0 Å². The molecule has 0 aromatic rings.